The van der Waals surface area contributed by atoms with Gasteiger partial charge in [-0.25, -0.2) is 23.7 Å². The van der Waals surface area contributed by atoms with Gasteiger partial charge in [-0.3, -0.25) is 0 Å². The minimum Gasteiger partial charge on any atom is -0.415 e. The van der Waals surface area contributed by atoms with Gasteiger partial charge in [0, 0.05) is 35.3 Å². The molecule has 32 heavy (non-hydrogen) atoms. The quantitative estimate of drug-likeness (QED) is 0.369. The lowest BCUT2D eigenvalue weighted by molar-refractivity contribution is 0.116. The molecule has 0 saturated carbocycles. The van der Waals surface area contributed by atoms with Crippen molar-refractivity contribution < 1.29 is 22.0 Å². The Morgan fingerprint density at radius 1 is 0.938 bits per heavy atom. The summed E-state index contributed by atoms with van der Waals surface area (Å²) in [5, 5.41) is 9.77. The molecule has 0 aliphatic heterocycles. The first-order valence-electron chi connectivity index (χ1n) is 9.11. The molecule has 0 unspecified atom stereocenters. The minimum absolute atomic E-state index is 0.139. The lowest BCUT2D eigenvalue weighted by Crippen LogP contribution is -1.98. The fourth-order valence-electron chi connectivity index (χ4n) is 3.11. The van der Waals surface area contributed by atoms with E-state index in [2.05, 4.69) is 35.5 Å². The Kier molecular flexibility index (Phi) is 4.73. The SMILES string of the molecule is Fc1ccc(-c2cc(Nc3ncc(-c4nnc(C(F)F)o4)cn3)cc3[nH]cnc23)c(F)c1. The molecule has 2 aromatic carbocycles. The lowest BCUT2D eigenvalue weighted by Gasteiger charge is -2.10. The summed E-state index contributed by atoms with van der Waals surface area (Å²) < 4.78 is 57.8. The third kappa shape index (κ3) is 3.62. The number of aromatic nitrogens is 6. The first-order chi connectivity index (χ1) is 15.5. The molecule has 5 rings (SSSR count). The monoisotopic (exact) mass is 441 g/mol. The number of nitrogens with zero attached hydrogens (tertiary/aromatic N) is 5. The maximum Gasteiger partial charge on any atom is 0.314 e. The van der Waals surface area contributed by atoms with Gasteiger partial charge in [-0.1, -0.05) is 0 Å². The van der Waals surface area contributed by atoms with Crippen molar-refractivity contribution >= 4 is 22.7 Å². The summed E-state index contributed by atoms with van der Waals surface area (Å²) in [6, 6.07) is 6.64. The molecule has 12 heteroatoms. The Morgan fingerprint density at radius 3 is 2.47 bits per heavy atom. The highest BCUT2D eigenvalue weighted by Crippen LogP contribution is 2.33. The van der Waals surface area contributed by atoms with Crippen molar-refractivity contribution in [3.05, 3.63) is 66.6 Å². The van der Waals surface area contributed by atoms with Gasteiger partial charge < -0.3 is 14.7 Å². The van der Waals surface area contributed by atoms with Crippen LogP contribution < -0.4 is 5.32 Å². The van der Waals surface area contributed by atoms with Crippen LogP contribution in [0, 0.1) is 11.6 Å². The van der Waals surface area contributed by atoms with Gasteiger partial charge in [-0.15, -0.1) is 10.2 Å². The van der Waals surface area contributed by atoms with Crippen molar-refractivity contribution in [1.29, 1.82) is 0 Å². The fraction of sp³-hybridized carbons (Fsp3) is 0.0500. The summed E-state index contributed by atoms with van der Waals surface area (Å²) in [7, 11) is 0. The molecule has 3 heterocycles. The van der Waals surface area contributed by atoms with Crippen molar-refractivity contribution in [3.8, 4) is 22.6 Å². The molecule has 0 radical (unpaired) electrons. The molecule has 0 fully saturated rings. The van der Waals surface area contributed by atoms with E-state index in [1.807, 2.05) is 0 Å². The largest absolute Gasteiger partial charge is 0.415 e. The van der Waals surface area contributed by atoms with Gasteiger partial charge in [0.1, 0.15) is 11.6 Å². The second-order valence-corrected chi connectivity index (χ2v) is 6.61. The van der Waals surface area contributed by atoms with E-state index in [9.17, 15) is 17.6 Å². The van der Waals surface area contributed by atoms with Crippen LogP contribution in [0.15, 0.2) is 53.5 Å². The number of hydrogen-bond donors (Lipinski definition) is 2. The topological polar surface area (TPSA) is 105 Å². The number of benzene rings is 2. The molecule has 2 N–H and O–H groups in total. The van der Waals surface area contributed by atoms with Crippen molar-refractivity contribution in [2.24, 2.45) is 0 Å². The van der Waals surface area contributed by atoms with Crippen LogP contribution in [0.4, 0.5) is 29.2 Å². The summed E-state index contributed by atoms with van der Waals surface area (Å²) in [5.41, 5.74) is 2.48. The minimum atomic E-state index is -2.88. The molecule has 0 aliphatic carbocycles. The van der Waals surface area contributed by atoms with Crippen LogP contribution in [0.1, 0.15) is 12.3 Å². The number of aromatic amines is 1. The van der Waals surface area contributed by atoms with Gasteiger partial charge in [-0.2, -0.15) is 8.78 Å². The van der Waals surface area contributed by atoms with Crippen LogP contribution in [-0.2, 0) is 0 Å². The normalized spacial score (nSPS) is 11.4. The van der Waals surface area contributed by atoms with Gasteiger partial charge in [0.15, 0.2) is 0 Å². The standard InChI is InChI=1S/C20H11F4N7O/c21-10-1-2-12(14(22)3-10)13-4-11(5-15-16(13)28-8-27-15)29-20-25-6-9(7-26-20)18-30-31-19(32-18)17(23)24/h1-8,17H,(H,27,28)(H,25,26,29). The van der Waals surface area contributed by atoms with E-state index in [-0.39, 0.29) is 23.0 Å². The van der Waals surface area contributed by atoms with Gasteiger partial charge in [-0.05, 0) is 24.3 Å². The number of rotatable bonds is 5. The van der Waals surface area contributed by atoms with Crippen LogP contribution in [0.25, 0.3) is 33.6 Å². The number of nitrogens with one attached hydrogen (secondary N) is 2. The summed E-state index contributed by atoms with van der Waals surface area (Å²) in [6.07, 6.45) is 1.24. The molecule has 8 nitrogen and oxygen atoms in total. The fourth-order valence-corrected chi connectivity index (χ4v) is 3.11. The van der Waals surface area contributed by atoms with Crippen LogP contribution in [0.2, 0.25) is 0 Å². The van der Waals surface area contributed by atoms with E-state index in [4.69, 9.17) is 4.42 Å². The van der Waals surface area contributed by atoms with E-state index in [1.54, 1.807) is 12.1 Å². The average Bonchev–Trinajstić information content (AvgIpc) is 3.44. The van der Waals surface area contributed by atoms with Crippen molar-refractivity contribution in [3.63, 3.8) is 0 Å². The summed E-state index contributed by atoms with van der Waals surface area (Å²) >= 11 is 0. The molecule has 0 aliphatic rings. The van der Waals surface area contributed by atoms with Crippen molar-refractivity contribution in [2.45, 2.75) is 6.43 Å². The molecule has 5 aromatic rings. The molecule has 0 spiro atoms. The van der Waals surface area contributed by atoms with E-state index >= 15 is 0 Å². The van der Waals surface area contributed by atoms with Crippen molar-refractivity contribution in [1.82, 2.24) is 30.1 Å². The van der Waals surface area contributed by atoms with E-state index in [0.29, 0.717) is 22.3 Å². The Bertz CT molecular complexity index is 1420. The highest BCUT2D eigenvalue weighted by atomic mass is 19.3. The van der Waals surface area contributed by atoms with E-state index in [1.165, 1.54) is 24.8 Å². The van der Waals surface area contributed by atoms with Gasteiger partial charge in [0.2, 0.25) is 5.95 Å². The maximum atomic E-state index is 14.4. The number of fused-ring (bicyclic) bond motifs is 1. The second-order valence-electron chi connectivity index (χ2n) is 6.61. The zero-order valence-corrected chi connectivity index (χ0v) is 15.9. The smallest absolute Gasteiger partial charge is 0.314 e. The first kappa shape index (κ1) is 19.6. The summed E-state index contributed by atoms with van der Waals surface area (Å²) in [4.78, 5) is 15.4. The highest BCUT2D eigenvalue weighted by Gasteiger charge is 2.18. The van der Waals surface area contributed by atoms with Crippen LogP contribution in [0.5, 0.6) is 0 Å². The number of H-pyrrole nitrogens is 1. The molecule has 0 saturated heterocycles. The number of alkyl halides is 2. The number of hydrogen-bond acceptors (Lipinski definition) is 7. The Hall–Kier alpha value is -4.35. The zero-order chi connectivity index (χ0) is 22.2. The zero-order valence-electron chi connectivity index (χ0n) is 15.9. The lowest BCUT2D eigenvalue weighted by atomic mass is 10.0. The Morgan fingerprint density at radius 2 is 1.75 bits per heavy atom. The number of imidazole rings is 1. The number of halogens is 4. The molecular weight excluding hydrogens is 430 g/mol. The van der Waals surface area contributed by atoms with Crippen LogP contribution in [-0.4, -0.2) is 30.1 Å². The third-order valence-corrected chi connectivity index (χ3v) is 4.53. The Balaban J connectivity index is 1.46. The third-order valence-electron chi connectivity index (χ3n) is 4.53. The van der Waals surface area contributed by atoms with Gasteiger partial charge >= 0.3 is 6.43 Å². The summed E-state index contributed by atoms with van der Waals surface area (Å²) in [5.74, 6) is -2.17. The molecular formula is C20H11F4N7O. The van der Waals surface area contributed by atoms with Gasteiger partial charge in [0.05, 0.1) is 22.9 Å². The predicted octanol–water partition coefficient (Wildman–Crippen LogP) is 5.03. The highest BCUT2D eigenvalue weighted by molar-refractivity contribution is 5.95. The second kappa shape index (κ2) is 7.72. The van der Waals surface area contributed by atoms with Gasteiger partial charge in [0.25, 0.3) is 11.8 Å². The predicted molar refractivity (Wildman–Crippen MR) is 105 cm³/mol. The van der Waals surface area contributed by atoms with E-state index < -0.39 is 24.0 Å². The van der Waals surface area contributed by atoms with Crippen LogP contribution in [0.3, 0.4) is 0 Å². The van der Waals surface area contributed by atoms with Crippen LogP contribution >= 0.6 is 0 Å². The van der Waals surface area contributed by atoms with E-state index in [0.717, 1.165) is 12.1 Å². The molecule has 3 aromatic heterocycles. The molecule has 0 atom stereocenters. The first-order valence-corrected chi connectivity index (χ1v) is 9.11. The number of anilines is 2. The maximum absolute atomic E-state index is 14.4. The van der Waals surface area contributed by atoms with Crippen molar-refractivity contribution in [2.75, 3.05) is 5.32 Å². The Labute approximate surface area is 176 Å². The average molecular weight is 441 g/mol. The molecule has 0 amide bonds. The molecule has 0 bridgehead atoms. The molecule has 160 valence electrons. The summed E-state index contributed by atoms with van der Waals surface area (Å²) in [6.45, 7) is 0.